The van der Waals surface area contributed by atoms with Gasteiger partial charge in [0.25, 0.3) is 11.8 Å². The molecule has 0 saturated heterocycles. The number of aromatic amines is 1. The number of carbonyl (C=O) groups is 2. The molecule has 1 atom stereocenters. The average molecular weight is 291 g/mol. The Bertz CT molecular complexity index is 573. The number of benzene rings is 1. The van der Waals surface area contributed by atoms with Gasteiger partial charge in [0, 0.05) is 5.56 Å². The molecule has 0 fully saturated rings. The van der Waals surface area contributed by atoms with Crippen molar-refractivity contribution in [3.63, 3.8) is 0 Å². The van der Waals surface area contributed by atoms with Crippen LogP contribution in [0.2, 0.25) is 0 Å². The smallest absolute Gasteiger partial charge is 0.269 e. The number of hydrazine groups is 1. The van der Waals surface area contributed by atoms with Crippen molar-refractivity contribution in [2.24, 2.45) is 0 Å². The lowest BCUT2D eigenvalue weighted by molar-refractivity contribution is -0.121. The summed E-state index contributed by atoms with van der Waals surface area (Å²) in [5.74, 6) is -0.688. The van der Waals surface area contributed by atoms with Crippen molar-refractivity contribution < 1.29 is 9.59 Å². The highest BCUT2D eigenvalue weighted by Crippen LogP contribution is 2.17. The summed E-state index contributed by atoms with van der Waals surface area (Å²) in [6, 6.07) is 8.63. The van der Waals surface area contributed by atoms with Gasteiger partial charge >= 0.3 is 0 Å². The lowest BCUT2D eigenvalue weighted by Gasteiger charge is -2.11. The first-order valence-electron chi connectivity index (χ1n) is 5.84. The zero-order valence-electron chi connectivity index (χ0n) is 10.7. The zero-order chi connectivity index (χ0) is 14.4. The summed E-state index contributed by atoms with van der Waals surface area (Å²) in [5.41, 5.74) is 5.21. The highest BCUT2D eigenvalue weighted by molar-refractivity contribution is 8.00. The summed E-state index contributed by atoms with van der Waals surface area (Å²) in [5, 5.41) is 6.46. The van der Waals surface area contributed by atoms with Crippen LogP contribution in [-0.2, 0) is 4.79 Å². The molecule has 0 aliphatic carbocycles. The maximum absolute atomic E-state index is 11.8. The molecule has 2 rings (SSSR count). The number of aromatic nitrogens is 3. The van der Waals surface area contributed by atoms with Gasteiger partial charge in [-0.2, -0.15) is 5.10 Å². The highest BCUT2D eigenvalue weighted by Gasteiger charge is 2.16. The van der Waals surface area contributed by atoms with Crippen molar-refractivity contribution in [2.75, 3.05) is 0 Å². The fraction of sp³-hybridized carbons (Fsp3) is 0.167. The standard InChI is InChI=1S/C12H13N5O2S/c1-8(20-12-13-7-14-17-12)10(18)15-16-11(19)9-5-3-2-4-6-9/h2-8H,1H3,(H,15,18)(H,16,19)(H,13,14,17)/t8-/m1/s1. The van der Waals surface area contributed by atoms with E-state index in [0.717, 1.165) is 0 Å². The van der Waals surface area contributed by atoms with Crippen molar-refractivity contribution >= 4 is 23.6 Å². The molecular formula is C12H13N5O2S. The van der Waals surface area contributed by atoms with Gasteiger partial charge in [0.05, 0.1) is 5.25 Å². The summed E-state index contributed by atoms with van der Waals surface area (Å²) in [7, 11) is 0. The van der Waals surface area contributed by atoms with Gasteiger partial charge in [0.2, 0.25) is 0 Å². The molecule has 0 spiro atoms. The molecule has 0 bridgehead atoms. The van der Waals surface area contributed by atoms with Crippen LogP contribution in [0.25, 0.3) is 0 Å². The number of hydrogen-bond acceptors (Lipinski definition) is 5. The molecule has 2 aromatic rings. The lowest BCUT2D eigenvalue weighted by atomic mass is 10.2. The monoisotopic (exact) mass is 291 g/mol. The van der Waals surface area contributed by atoms with E-state index in [1.807, 2.05) is 6.07 Å². The number of nitrogens with one attached hydrogen (secondary N) is 3. The van der Waals surface area contributed by atoms with Crippen LogP contribution in [0.1, 0.15) is 17.3 Å². The predicted octanol–water partition coefficient (Wildman–Crippen LogP) is 0.746. The van der Waals surface area contributed by atoms with E-state index in [4.69, 9.17) is 0 Å². The van der Waals surface area contributed by atoms with Gasteiger partial charge < -0.3 is 0 Å². The number of hydrogen-bond donors (Lipinski definition) is 3. The van der Waals surface area contributed by atoms with E-state index >= 15 is 0 Å². The first kappa shape index (κ1) is 14.1. The number of rotatable bonds is 4. The first-order valence-corrected chi connectivity index (χ1v) is 6.72. The van der Waals surface area contributed by atoms with Crippen molar-refractivity contribution in [1.82, 2.24) is 26.0 Å². The maximum atomic E-state index is 11.8. The number of H-pyrrole nitrogens is 1. The zero-order valence-corrected chi connectivity index (χ0v) is 11.5. The summed E-state index contributed by atoms with van der Waals surface area (Å²) in [4.78, 5) is 27.4. The van der Waals surface area contributed by atoms with E-state index in [9.17, 15) is 9.59 Å². The Morgan fingerprint density at radius 1 is 1.25 bits per heavy atom. The predicted molar refractivity (Wildman–Crippen MR) is 73.8 cm³/mol. The second-order valence-corrected chi connectivity index (χ2v) is 5.19. The van der Waals surface area contributed by atoms with E-state index in [-0.39, 0.29) is 11.8 Å². The minimum absolute atomic E-state index is 0.323. The summed E-state index contributed by atoms with van der Waals surface area (Å²) in [6.07, 6.45) is 1.37. The molecule has 3 N–H and O–H groups in total. The topological polar surface area (TPSA) is 99.8 Å². The molecule has 2 amide bonds. The van der Waals surface area contributed by atoms with Crippen LogP contribution in [0, 0.1) is 0 Å². The normalized spacial score (nSPS) is 11.7. The van der Waals surface area contributed by atoms with Gasteiger partial charge in [-0.1, -0.05) is 30.0 Å². The molecule has 1 aromatic carbocycles. The first-order chi connectivity index (χ1) is 9.66. The average Bonchev–Trinajstić information content (AvgIpc) is 2.98. The summed E-state index contributed by atoms with van der Waals surface area (Å²) in [6.45, 7) is 1.71. The molecule has 0 aliphatic heterocycles. The van der Waals surface area contributed by atoms with Gasteiger partial charge in [-0.05, 0) is 19.1 Å². The molecule has 20 heavy (non-hydrogen) atoms. The molecular weight excluding hydrogens is 278 g/mol. The van der Waals surface area contributed by atoms with E-state index < -0.39 is 5.25 Å². The second kappa shape index (κ2) is 6.71. The van der Waals surface area contributed by atoms with Crippen LogP contribution in [0.3, 0.4) is 0 Å². The molecule has 104 valence electrons. The maximum Gasteiger partial charge on any atom is 0.269 e. The second-order valence-electron chi connectivity index (χ2n) is 3.86. The number of nitrogens with zero attached hydrogens (tertiary/aromatic N) is 2. The van der Waals surface area contributed by atoms with E-state index in [2.05, 4.69) is 26.0 Å². The summed E-state index contributed by atoms with van der Waals surface area (Å²) < 4.78 is 0. The molecule has 0 aliphatic rings. The number of carbonyl (C=O) groups excluding carboxylic acids is 2. The fourth-order valence-electron chi connectivity index (χ4n) is 1.35. The minimum atomic E-state index is -0.418. The van der Waals surface area contributed by atoms with Crippen LogP contribution in [0.4, 0.5) is 0 Å². The fourth-order valence-corrected chi connectivity index (χ4v) is 2.07. The quantitative estimate of drug-likeness (QED) is 0.570. The molecule has 7 nitrogen and oxygen atoms in total. The molecule has 1 heterocycles. The Hall–Kier alpha value is -2.35. The Labute approximate surface area is 119 Å². The summed E-state index contributed by atoms with van der Waals surface area (Å²) >= 11 is 1.21. The van der Waals surface area contributed by atoms with Crippen LogP contribution in [0.15, 0.2) is 41.8 Å². The van der Waals surface area contributed by atoms with Crippen LogP contribution in [-0.4, -0.2) is 32.2 Å². The van der Waals surface area contributed by atoms with E-state index in [1.165, 1.54) is 18.1 Å². The Morgan fingerprint density at radius 3 is 2.65 bits per heavy atom. The van der Waals surface area contributed by atoms with Gasteiger partial charge in [-0.3, -0.25) is 25.5 Å². The third kappa shape index (κ3) is 3.82. The number of amides is 2. The highest BCUT2D eigenvalue weighted by atomic mass is 32.2. The molecule has 0 saturated carbocycles. The molecule has 1 aromatic heterocycles. The van der Waals surface area contributed by atoms with Gasteiger partial charge in [0.1, 0.15) is 6.33 Å². The van der Waals surface area contributed by atoms with Crippen molar-refractivity contribution in [3.8, 4) is 0 Å². The van der Waals surface area contributed by atoms with Crippen molar-refractivity contribution in [3.05, 3.63) is 42.2 Å². The molecule has 0 unspecified atom stereocenters. The minimum Gasteiger partial charge on any atom is -0.272 e. The van der Waals surface area contributed by atoms with Crippen LogP contribution < -0.4 is 10.9 Å². The van der Waals surface area contributed by atoms with Crippen LogP contribution >= 0.6 is 11.8 Å². The third-order valence-corrected chi connectivity index (χ3v) is 3.37. The molecule has 0 radical (unpaired) electrons. The van der Waals surface area contributed by atoms with E-state index in [0.29, 0.717) is 10.7 Å². The van der Waals surface area contributed by atoms with Gasteiger partial charge in [-0.15, -0.1) is 0 Å². The van der Waals surface area contributed by atoms with Crippen LogP contribution in [0.5, 0.6) is 0 Å². The largest absolute Gasteiger partial charge is 0.272 e. The van der Waals surface area contributed by atoms with Gasteiger partial charge in [0.15, 0.2) is 5.16 Å². The van der Waals surface area contributed by atoms with E-state index in [1.54, 1.807) is 31.2 Å². The molecule has 8 heteroatoms. The Balaban J connectivity index is 1.81. The Kier molecular flexibility index (Phi) is 4.72. The number of thioether (sulfide) groups is 1. The van der Waals surface area contributed by atoms with Gasteiger partial charge in [-0.25, -0.2) is 4.98 Å². The van der Waals surface area contributed by atoms with Crippen molar-refractivity contribution in [1.29, 1.82) is 0 Å². The Morgan fingerprint density at radius 2 is 2.00 bits per heavy atom. The van der Waals surface area contributed by atoms with Crippen molar-refractivity contribution in [2.45, 2.75) is 17.3 Å². The SMILES string of the molecule is C[C@@H](Sc1ncn[nH]1)C(=O)NNC(=O)c1ccccc1. The lowest BCUT2D eigenvalue weighted by Crippen LogP contribution is -2.44. The third-order valence-electron chi connectivity index (χ3n) is 2.39.